The van der Waals surface area contributed by atoms with E-state index in [1.54, 1.807) is 19.4 Å². The first-order chi connectivity index (χ1) is 10.7. The van der Waals surface area contributed by atoms with Crippen molar-refractivity contribution < 1.29 is 4.79 Å². The number of pyridine rings is 1. The van der Waals surface area contributed by atoms with Crippen molar-refractivity contribution in [3.05, 3.63) is 36.3 Å². The summed E-state index contributed by atoms with van der Waals surface area (Å²) in [4.78, 5) is 27.3. The number of nitrogens with zero attached hydrogens (tertiary/aromatic N) is 4. The summed E-state index contributed by atoms with van der Waals surface area (Å²) < 4.78 is 0. The van der Waals surface area contributed by atoms with Gasteiger partial charge in [0, 0.05) is 43.3 Å². The number of nitrogens with one attached hydrogen (secondary N) is 1. The van der Waals surface area contributed by atoms with Crippen LogP contribution in [0.3, 0.4) is 0 Å². The van der Waals surface area contributed by atoms with Crippen LogP contribution in [0.5, 0.6) is 0 Å². The first-order valence-corrected chi connectivity index (χ1v) is 7.43. The molecule has 3 heterocycles. The van der Waals surface area contributed by atoms with E-state index in [1.807, 2.05) is 25.1 Å². The average molecular weight is 297 g/mol. The molecule has 3 rings (SSSR count). The lowest BCUT2D eigenvalue weighted by molar-refractivity contribution is -0.121. The number of likely N-dealkylation sites (N-methyl/N-ethyl adjacent to an activating group) is 1. The van der Waals surface area contributed by atoms with E-state index in [-0.39, 0.29) is 11.9 Å². The van der Waals surface area contributed by atoms with E-state index in [0.717, 1.165) is 36.5 Å². The summed E-state index contributed by atoms with van der Waals surface area (Å²) in [6.07, 6.45) is 5.31. The summed E-state index contributed by atoms with van der Waals surface area (Å²) in [5.74, 6) is 1.49. The van der Waals surface area contributed by atoms with Gasteiger partial charge in [-0.05, 0) is 31.9 Å². The third-order valence-corrected chi connectivity index (χ3v) is 3.86. The monoisotopic (exact) mass is 297 g/mol. The van der Waals surface area contributed by atoms with Gasteiger partial charge >= 0.3 is 0 Å². The van der Waals surface area contributed by atoms with Gasteiger partial charge in [0.25, 0.3) is 0 Å². The van der Waals surface area contributed by atoms with Crippen molar-refractivity contribution in [2.24, 2.45) is 0 Å². The van der Waals surface area contributed by atoms with E-state index in [4.69, 9.17) is 0 Å². The summed E-state index contributed by atoms with van der Waals surface area (Å²) in [5.41, 5.74) is 1.76. The van der Waals surface area contributed by atoms with Crippen molar-refractivity contribution in [1.29, 1.82) is 0 Å². The van der Waals surface area contributed by atoms with Crippen LogP contribution in [-0.4, -0.2) is 40.5 Å². The minimum Gasteiger partial charge on any atom is -0.357 e. The number of carbonyl (C=O) groups excluding carboxylic acids is 1. The molecular formula is C16H19N5O. The van der Waals surface area contributed by atoms with E-state index in [0.29, 0.717) is 5.82 Å². The lowest BCUT2D eigenvalue weighted by Crippen LogP contribution is -2.42. The number of amides is 1. The van der Waals surface area contributed by atoms with E-state index < -0.39 is 0 Å². The summed E-state index contributed by atoms with van der Waals surface area (Å²) in [5, 5.41) is 2.73. The predicted octanol–water partition coefficient (Wildman–Crippen LogP) is 1.56. The minimum absolute atomic E-state index is 0.0386. The second kappa shape index (κ2) is 6.09. The highest BCUT2D eigenvalue weighted by molar-refractivity contribution is 5.85. The van der Waals surface area contributed by atoms with Gasteiger partial charge in [-0.15, -0.1) is 0 Å². The molecule has 0 aromatic carbocycles. The van der Waals surface area contributed by atoms with Gasteiger partial charge in [-0.2, -0.15) is 0 Å². The van der Waals surface area contributed by atoms with Gasteiger partial charge in [0.15, 0.2) is 5.82 Å². The topological polar surface area (TPSA) is 71.0 Å². The Labute approximate surface area is 129 Å². The van der Waals surface area contributed by atoms with Crippen LogP contribution >= 0.6 is 0 Å². The molecule has 0 aliphatic carbocycles. The second-order valence-corrected chi connectivity index (χ2v) is 5.40. The summed E-state index contributed by atoms with van der Waals surface area (Å²) in [6.45, 7) is 2.77. The molecule has 2 aromatic heterocycles. The molecule has 6 heteroatoms. The number of aryl methyl sites for hydroxylation is 1. The SMILES string of the molecule is CNC(=O)[C@@H]1CCCN1c1cc(C)nc(-c2cccnc2)n1. The summed E-state index contributed by atoms with van der Waals surface area (Å²) >= 11 is 0. The quantitative estimate of drug-likeness (QED) is 0.931. The molecule has 1 fully saturated rings. The lowest BCUT2D eigenvalue weighted by Gasteiger charge is -2.24. The first-order valence-electron chi connectivity index (χ1n) is 7.43. The molecule has 2 aromatic rings. The summed E-state index contributed by atoms with van der Waals surface area (Å²) in [7, 11) is 1.67. The molecular weight excluding hydrogens is 278 g/mol. The maximum absolute atomic E-state index is 12.0. The fourth-order valence-corrected chi connectivity index (χ4v) is 2.80. The van der Waals surface area contributed by atoms with Crippen molar-refractivity contribution in [2.75, 3.05) is 18.5 Å². The standard InChI is InChI=1S/C16H19N5O/c1-11-9-14(21-8-4-6-13(21)16(22)17-2)20-15(19-11)12-5-3-7-18-10-12/h3,5,7,9-10,13H,4,6,8H2,1-2H3,(H,17,22)/t13-/m0/s1. The van der Waals surface area contributed by atoms with Gasteiger partial charge in [-0.1, -0.05) is 0 Å². The lowest BCUT2D eigenvalue weighted by atomic mass is 10.2. The predicted molar refractivity (Wildman–Crippen MR) is 84.4 cm³/mol. The number of aromatic nitrogens is 3. The Bertz CT molecular complexity index is 673. The normalized spacial score (nSPS) is 17.5. The van der Waals surface area contributed by atoms with E-state index in [2.05, 4.69) is 25.2 Å². The molecule has 1 amide bonds. The minimum atomic E-state index is -0.152. The molecule has 0 bridgehead atoms. The number of carbonyl (C=O) groups is 1. The zero-order chi connectivity index (χ0) is 15.5. The van der Waals surface area contributed by atoms with Gasteiger partial charge in [-0.3, -0.25) is 9.78 Å². The molecule has 0 radical (unpaired) electrons. The van der Waals surface area contributed by atoms with E-state index >= 15 is 0 Å². The molecule has 22 heavy (non-hydrogen) atoms. The second-order valence-electron chi connectivity index (χ2n) is 5.40. The fraction of sp³-hybridized carbons (Fsp3) is 0.375. The number of anilines is 1. The number of rotatable bonds is 3. The molecule has 114 valence electrons. The van der Waals surface area contributed by atoms with Gasteiger partial charge < -0.3 is 10.2 Å². The summed E-state index contributed by atoms with van der Waals surface area (Å²) in [6, 6.07) is 5.58. The molecule has 0 spiro atoms. The molecule has 0 unspecified atom stereocenters. The number of hydrogen-bond acceptors (Lipinski definition) is 5. The highest BCUT2D eigenvalue weighted by Gasteiger charge is 2.31. The molecule has 1 atom stereocenters. The molecule has 1 aliphatic heterocycles. The van der Waals surface area contributed by atoms with Crippen molar-refractivity contribution in [2.45, 2.75) is 25.8 Å². The first kappa shape index (κ1) is 14.4. The van der Waals surface area contributed by atoms with Crippen molar-refractivity contribution in [3.63, 3.8) is 0 Å². The highest BCUT2D eigenvalue weighted by Crippen LogP contribution is 2.26. The Hall–Kier alpha value is -2.50. The molecule has 1 saturated heterocycles. The van der Waals surface area contributed by atoms with Crippen LogP contribution in [0.2, 0.25) is 0 Å². The van der Waals surface area contributed by atoms with Crippen LogP contribution in [-0.2, 0) is 4.79 Å². The Morgan fingerprint density at radius 2 is 2.27 bits per heavy atom. The Kier molecular flexibility index (Phi) is 4.00. The zero-order valence-corrected chi connectivity index (χ0v) is 12.8. The maximum Gasteiger partial charge on any atom is 0.242 e. The molecule has 1 aliphatic rings. The molecule has 6 nitrogen and oxygen atoms in total. The van der Waals surface area contributed by atoms with Gasteiger partial charge in [0.2, 0.25) is 5.91 Å². The third-order valence-electron chi connectivity index (χ3n) is 3.86. The van der Waals surface area contributed by atoms with Crippen LogP contribution in [0.15, 0.2) is 30.6 Å². The van der Waals surface area contributed by atoms with Gasteiger partial charge in [-0.25, -0.2) is 9.97 Å². The van der Waals surface area contributed by atoms with Crippen molar-refractivity contribution >= 4 is 11.7 Å². The van der Waals surface area contributed by atoms with Crippen molar-refractivity contribution in [3.8, 4) is 11.4 Å². The van der Waals surface area contributed by atoms with Crippen molar-refractivity contribution in [1.82, 2.24) is 20.3 Å². The van der Waals surface area contributed by atoms with Crippen LogP contribution in [0.25, 0.3) is 11.4 Å². The average Bonchev–Trinajstić information content (AvgIpc) is 3.04. The van der Waals surface area contributed by atoms with Crippen LogP contribution < -0.4 is 10.2 Å². The largest absolute Gasteiger partial charge is 0.357 e. The Morgan fingerprint density at radius 1 is 1.41 bits per heavy atom. The Balaban J connectivity index is 1.98. The van der Waals surface area contributed by atoms with Gasteiger partial charge in [0.05, 0.1) is 0 Å². The van der Waals surface area contributed by atoms with Crippen LogP contribution in [0, 0.1) is 6.92 Å². The van der Waals surface area contributed by atoms with Crippen LogP contribution in [0.1, 0.15) is 18.5 Å². The zero-order valence-electron chi connectivity index (χ0n) is 12.8. The van der Waals surface area contributed by atoms with E-state index in [1.165, 1.54) is 0 Å². The van der Waals surface area contributed by atoms with Crippen LogP contribution in [0.4, 0.5) is 5.82 Å². The number of hydrogen-bond donors (Lipinski definition) is 1. The molecule has 0 saturated carbocycles. The smallest absolute Gasteiger partial charge is 0.242 e. The maximum atomic E-state index is 12.0. The Morgan fingerprint density at radius 3 is 3.00 bits per heavy atom. The molecule has 1 N–H and O–H groups in total. The van der Waals surface area contributed by atoms with E-state index in [9.17, 15) is 4.79 Å². The van der Waals surface area contributed by atoms with Gasteiger partial charge in [0.1, 0.15) is 11.9 Å². The fourth-order valence-electron chi connectivity index (χ4n) is 2.80. The highest BCUT2D eigenvalue weighted by atomic mass is 16.2. The third kappa shape index (κ3) is 2.77.